The highest BCUT2D eigenvalue weighted by atomic mass is 16.5. The van der Waals surface area contributed by atoms with Crippen LogP contribution >= 0.6 is 0 Å². The number of carbonyl (C=O) groups is 1. The molecule has 1 saturated heterocycles. The average molecular weight is 279 g/mol. The molecule has 1 fully saturated rings. The van der Waals surface area contributed by atoms with Crippen LogP contribution < -0.4 is 10.6 Å². The molecule has 0 radical (unpaired) electrons. The summed E-state index contributed by atoms with van der Waals surface area (Å²) in [6.45, 7) is 1.06. The number of aromatic nitrogens is 2. The van der Waals surface area contributed by atoms with Crippen molar-refractivity contribution >= 4 is 17.5 Å². The van der Waals surface area contributed by atoms with E-state index in [1.165, 1.54) is 0 Å². The Bertz CT molecular complexity index is 480. The number of likely N-dealkylation sites (N-methyl/N-ethyl adjacent to an activating group) is 1. The standard InChI is InChI=1S/C13H21N5O2/c1-14-10-6-11(17-12(16-10)8-20-3)15-9-4-5-13(19)18(2)7-9/h6,9H,4-5,7-8H2,1-3H3,(H2,14,15,16,17). The summed E-state index contributed by atoms with van der Waals surface area (Å²) in [5, 5.41) is 6.37. The molecule has 0 aliphatic carbocycles. The van der Waals surface area contributed by atoms with Crippen LogP contribution in [-0.2, 0) is 16.1 Å². The molecule has 2 rings (SSSR count). The number of ether oxygens (including phenoxy) is 1. The first-order valence-electron chi connectivity index (χ1n) is 6.67. The number of carbonyl (C=O) groups excluding carboxylic acids is 1. The van der Waals surface area contributed by atoms with Crippen LogP contribution in [0.5, 0.6) is 0 Å². The molecule has 0 spiro atoms. The van der Waals surface area contributed by atoms with Gasteiger partial charge in [0, 0.05) is 46.3 Å². The number of nitrogens with zero attached hydrogens (tertiary/aromatic N) is 3. The lowest BCUT2D eigenvalue weighted by atomic mass is 10.1. The summed E-state index contributed by atoms with van der Waals surface area (Å²) < 4.78 is 5.07. The molecule has 1 unspecified atom stereocenters. The third-order valence-electron chi connectivity index (χ3n) is 3.28. The zero-order chi connectivity index (χ0) is 14.5. The van der Waals surface area contributed by atoms with E-state index in [1.807, 2.05) is 20.2 Å². The van der Waals surface area contributed by atoms with Gasteiger partial charge in [0.1, 0.15) is 18.2 Å². The van der Waals surface area contributed by atoms with Crippen molar-refractivity contribution in [2.75, 3.05) is 38.4 Å². The van der Waals surface area contributed by atoms with Crippen molar-refractivity contribution < 1.29 is 9.53 Å². The minimum absolute atomic E-state index is 0.196. The SMILES string of the molecule is CNc1cc(NC2CCC(=O)N(C)C2)nc(COC)n1. The molecule has 1 atom stereocenters. The maximum atomic E-state index is 11.5. The van der Waals surface area contributed by atoms with Crippen LogP contribution in [-0.4, -0.2) is 54.6 Å². The van der Waals surface area contributed by atoms with Gasteiger partial charge in [-0.3, -0.25) is 4.79 Å². The zero-order valence-corrected chi connectivity index (χ0v) is 12.1. The smallest absolute Gasteiger partial charge is 0.222 e. The number of nitrogens with one attached hydrogen (secondary N) is 2. The van der Waals surface area contributed by atoms with Crippen LogP contribution in [0.3, 0.4) is 0 Å². The number of piperidine rings is 1. The van der Waals surface area contributed by atoms with Crippen molar-refractivity contribution in [2.24, 2.45) is 0 Å². The first kappa shape index (κ1) is 14.5. The van der Waals surface area contributed by atoms with Gasteiger partial charge >= 0.3 is 0 Å². The van der Waals surface area contributed by atoms with E-state index in [0.717, 1.165) is 18.1 Å². The first-order valence-corrected chi connectivity index (χ1v) is 6.67. The molecular formula is C13H21N5O2. The second-order valence-corrected chi connectivity index (χ2v) is 4.89. The predicted molar refractivity (Wildman–Crippen MR) is 76.6 cm³/mol. The van der Waals surface area contributed by atoms with E-state index >= 15 is 0 Å². The Morgan fingerprint density at radius 1 is 1.45 bits per heavy atom. The van der Waals surface area contributed by atoms with Crippen molar-refractivity contribution in [1.29, 1.82) is 0 Å². The van der Waals surface area contributed by atoms with Gasteiger partial charge < -0.3 is 20.3 Å². The molecule has 7 heteroatoms. The largest absolute Gasteiger partial charge is 0.377 e. The number of anilines is 2. The van der Waals surface area contributed by atoms with Crippen molar-refractivity contribution in [3.05, 3.63) is 11.9 Å². The quantitative estimate of drug-likeness (QED) is 0.826. The van der Waals surface area contributed by atoms with Gasteiger partial charge in [0.2, 0.25) is 5.91 Å². The van der Waals surface area contributed by atoms with E-state index in [0.29, 0.717) is 25.4 Å². The van der Waals surface area contributed by atoms with Crippen LogP contribution in [0.25, 0.3) is 0 Å². The van der Waals surface area contributed by atoms with Crippen molar-refractivity contribution in [3.63, 3.8) is 0 Å². The second-order valence-electron chi connectivity index (χ2n) is 4.89. The van der Waals surface area contributed by atoms with Crippen LogP contribution in [0.15, 0.2) is 6.07 Å². The van der Waals surface area contributed by atoms with Gasteiger partial charge in [-0.25, -0.2) is 9.97 Å². The molecule has 1 aromatic heterocycles. The number of likely N-dealkylation sites (tertiary alicyclic amines) is 1. The summed E-state index contributed by atoms with van der Waals surface area (Å²) in [5.41, 5.74) is 0. The lowest BCUT2D eigenvalue weighted by molar-refractivity contribution is -0.132. The lowest BCUT2D eigenvalue weighted by Crippen LogP contribution is -2.43. The van der Waals surface area contributed by atoms with E-state index in [4.69, 9.17) is 4.74 Å². The average Bonchev–Trinajstić information content (AvgIpc) is 2.43. The molecule has 0 aromatic carbocycles. The minimum Gasteiger partial charge on any atom is -0.377 e. The third-order valence-corrected chi connectivity index (χ3v) is 3.28. The molecule has 2 N–H and O–H groups in total. The van der Waals surface area contributed by atoms with Gasteiger partial charge in [0.05, 0.1) is 0 Å². The van der Waals surface area contributed by atoms with Gasteiger partial charge in [-0.15, -0.1) is 0 Å². The Morgan fingerprint density at radius 2 is 2.20 bits per heavy atom. The lowest BCUT2D eigenvalue weighted by Gasteiger charge is -2.30. The van der Waals surface area contributed by atoms with Crippen molar-refractivity contribution in [3.8, 4) is 0 Å². The van der Waals surface area contributed by atoms with Crippen molar-refractivity contribution in [1.82, 2.24) is 14.9 Å². The Hall–Kier alpha value is -1.89. The summed E-state index contributed by atoms with van der Waals surface area (Å²) in [4.78, 5) is 22.0. The Morgan fingerprint density at radius 3 is 2.85 bits per heavy atom. The Labute approximate surface area is 118 Å². The molecule has 110 valence electrons. The summed E-state index contributed by atoms with van der Waals surface area (Å²) in [6, 6.07) is 2.07. The molecule has 7 nitrogen and oxygen atoms in total. The summed E-state index contributed by atoms with van der Waals surface area (Å²) in [5.74, 6) is 2.32. The molecule has 1 aromatic rings. The number of amides is 1. The number of hydrogen-bond acceptors (Lipinski definition) is 6. The van der Waals surface area contributed by atoms with Crippen molar-refractivity contribution in [2.45, 2.75) is 25.5 Å². The van der Waals surface area contributed by atoms with Gasteiger partial charge in [0.25, 0.3) is 0 Å². The van der Waals surface area contributed by atoms with E-state index < -0.39 is 0 Å². The highest BCUT2D eigenvalue weighted by Gasteiger charge is 2.23. The van der Waals surface area contributed by atoms with E-state index in [-0.39, 0.29) is 11.9 Å². The van der Waals surface area contributed by atoms with Crippen LogP contribution in [0, 0.1) is 0 Å². The van der Waals surface area contributed by atoms with Gasteiger partial charge in [-0.05, 0) is 6.42 Å². The highest BCUT2D eigenvalue weighted by molar-refractivity contribution is 5.77. The number of rotatable bonds is 5. The zero-order valence-electron chi connectivity index (χ0n) is 12.1. The van der Waals surface area contributed by atoms with Gasteiger partial charge in [-0.1, -0.05) is 0 Å². The topological polar surface area (TPSA) is 79.4 Å². The summed E-state index contributed by atoms with van der Waals surface area (Å²) in [7, 11) is 5.26. The highest BCUT2D eigenvalue weighted by Crippen LogP contribution is 2.17. The monoisotopic (exact) mass is 279 g/mol. The van der Waals surface area contributed by atoms with Crippen LogP contribution in [0.2, 0.25) is 0 Å². The molecule has 1 aliphatic heterocycles. The second kappa shape index (κ2) is 6.51. The molecule has 0 saturated carbocycles. The normalized spacial score (nSPS) is 19.1. The Balaban J connectivity index is 2.08. The van der Waals surface area contributed by atoms with E-state index in [2.05, 4.69) is 20.6 Å². The molecular weight excluding hydrogens is 258 g/mol. The van der Waals surface area contributed by atoms with Gasteiger partial charge in [-0.2, -0.15) is 0 Å². The maximum absolute atomic E-state index is 11.5. The fraction of sp³-hybridized carbons (Fsp3) is 0.615. The van der Waals surface area contributed by atoms with E-state index in [1.54, 1.807) is 12.0 Å². The third kappa shape index (κ3) is 3.57. The predicted octanol–water partition coefficient (Wildman–Crippen LogP) is 0.697. The number of hydrogen-bond donors (Lipinski definition) is 2. The Kier molecular flexibility index (Phi) is 4.73. The molecule has 20 heavy (non-hydrogen) atoms. The van der Waals surface area contributed by atoms with E-state index in [9.17, 15) is 4.79 Å². The molecule has 2 heterocycles. The fourth-order valence-electron chi connectivity index (χ4n) is 2.23. The summed E-state index contributed by atoms with van der Waals surface area (Å²) >= 11 is 0. The van der Waals surface area contributed by atoms with Crippen LogP contribution in [0.1, 0.15) is 18.7 Å². The molecule has 0 bridgehead atoms. The molecule has 1 aliphatic rings. The van der Waals surface area contributed by atoms with Crippen LogP contribution in [0.4, 0.5) is 11.6 Å². The maximum Gasteiger partial charge on any atom is 0.222 e. The minimum atomic E-state index is 0.196. The van der Waals surface area contributed by atoms with Gasteiger partial charge in [0.15, 0.2) is 5.82 Å². The number of methoxy groups -OCH3 is 1. The summed E-state index contributed by atoms with van der Waals surface area (Å²) in [6.07, 6.45) is 1.39. The fourth-order valence-corrected chi connectivity index (χ4v) is 2.23. The first-order chi connectivity index (χ1) is 9.62. The molecule has 1 amide bonds.